The van der Waals surface area contributed by atoms with Gasteiger partial charge in [0.15, 0.2) is 0 Å². The van der Waals surface area contributed by atoms with Crippen LogP contribution in [-0.4, -0.2) is 45.7 Å². The van der Waals surface area contributed by atoms with Crippen LogP contribution in [0.4, 0.5) is 5.69 Å². The summed E-state index contributed by atoms with van der Waals surface area (Å²) in [6, 6.07) is 5.55. The molecule has 2 N–H and O–H groups in total. The maximum Gasteiger partial charge on any atom is 0.249 e. The number of imide groups is 1. The van der Waals surface area contributed by atoms with Gasteiger partial charge in [-0.25, -0.2) is 4.98 Å². The molecule has 1 aromatic carbocycles. The number of hydrogen-bond donors (Lipinski definition) is 2. The predicted molar refractivity (Wildman–Crippen MR) is 88.6 cm³/mol. The van der Waals surface area contributed by atoms with Crippen molar-refractivity contribution in [3.05, 3.63) is 24.5 Å². The maximum atomic E-state index is 12.2. The Bertz CT molecular complexity index is 792. The molecule has 1 aromatic heterocycles. The van der Waals surface area contributed by atoms with Crippen molar-refractivity contribution in [2.75, 3.05) is 18.0 Å². The largest absolute Gasteiger partial charge is 0.393 e. The van der Waals surface area contributed by atoms with E-state index < -0.39 is 6.04 Å². The molecule has 4 rings (SSSR count). The van der Waals surface area contributed by atoms with Gasteiger partial charge in [-0.2, -0.15) is 0 Å². The van der Waals surface area contributed by atoms with Crippen molar-refractivity contribution in [2.24, 2.45) is 0 Å². The molecule has 0 aliphatic carbocycles. The summed E-state index contributed by atoms with van der Waals surface area (Å²) in [5.41, 5.74) is 2.79. The first kappa shape index (κ1) is 15.1. The van der Waals surface area contributed by atoms with Gasteiger partial charge in [-0.3, -0.25) is 14.9 Å². The lowest BCUT2D eigenvalue weighted by Gasteiger charge is -2.31. The first-order chi connectivity index (χ1) is 11.6. The van der Waals surface area contributed by atoms with Gasteiger partial charge in [-0.15, -0.1) is 0 Å². The van der Waals surface area contributed by atoms with Crippen molar-refractivity contribution in [3.8, 4) is 0 Å². The zero-order chi connectivity index (χ0) is 16.7. The Balaban J connectivity index is 1.69. The number of hydrogen-bond acceptors (Lipinski definition) is 5. The van der Waals surface area contributed by atoms with Gasteiger partial charge in [0.2, 0.25) is 11.8 Å². The molecule has 126 valence electrons. The molecule has 0 bridgehead atoms. The lowest BCUT2D eigenvalue weighted by molar-refractivity contribution is -0.135. The van der Waals surface area contributed by atoms with Crippen molar-refractivity contribution < 1.29 is 14.7 Å². The van der Waals surface area contributed by atoms with Crippen LogP contribution in [0.15, 0.2) is 24.5 Å². The van der Waals surface area contributed by atoms with Gasteiger partial charge in [-0.05, 0) is 31.4 Å². The summed E-state index contributed by atoms with van der Waals surface area (Å²) in [5, 5.41) is 12.1. The molecule has 24 heavy (non-hydrogen) atoms. The predicted octanol–water partition coefficient (Wildman–Crippen LogP) is 0.975. The highest BCUT2D eigenvalue weighted by Gasteiger charge is 2.29. The van der Waals surface area contributed by atoms with E-state index in [2.05, 4.69) is 15.2 Å². The van der Waals surface area contributed by atoms with E-state index in [9.17, 15) is 14.7 Å². The lowest BCUT2D eigenvalue weighted by Crippen LogP contribution is -2.41. The van der Waals surface area contributed by atoms with Crippen molar-refractivity contribution in [1.82, 2.24) is 14.9 Å². The minimum atomic E-state index is -0.397. The molecule has 0 radical (unpaired) electrons. The second kappa shape index (κ2) is 5.90. The van der Waals surface area contributed by atoms with E-state index in [0.717, 1.165) is 42.7 Å². The third kappa shape index (κ3) is 2.54. The molecular formula is C17H20N4O3. The number of nitrogens with zero attached hydrogens (tertiary/aromatic N) is 3. The molecule has 2 aromatic rings. The van der Waals surface area contributed by atoms with Crippen LogP contribution in [-0.2, 0) is 9.59 Å². The number of carbonyl (C=O) groups excluding carboxylic acids is 2. The van der Waals surface area contributed by atoms with Crippen LogP contribution < -0.4 is 10.2 Å². The first-order valence-corrected chi connectivity index (χ1v) is 8.36. The number of aliphatic hydroxyl groups is 1. The quantitative estimate of drug-likeness (QED) is 0.802. The topological polar surface area (TPSA) is 87.5 Å². The van der Waals surface area contributed by atoms with E-state index in [1.54, 1.807) is 6.33 Å². The van der Waals surface area contributed by atoms with Crippen molar-refractivity contribution in [2.45, 2.75) is 37.8 Å². The van der Waals surface area contributed by atoms with E-state index >= 15 is 0 Å². The number of fused-ring (bicyclic) bond motifs is 1. The van der Waals surface area contributed by atoms with Crippen LogP contribution in [0.1, 0.15) is 31.7 Å². The fraction of sp³-hybridized carbons (Fsp3) is 0.471. The van der Waals surface area contributed by atoms with Gasteiger partial charge in [-0.1, -0.05) is 6.07 Å². The number of aliphatic hydroxyl groups excluding tert-OH is 1. The molecular weight excluding hydrogens is 308 g/mol. The smallest absolute Gasteiger partial charge is 0.249 e. The summed E-state index contributed by atoms with van der Waals surface area (Å²) in [5.74, 6) is -0.481. The summed E-state index contributed by atoms with van der Waals surface area (Å²) in [7, 11) is 0. The molecule has 7 nitrogen and oxygen atoms in total. The Morgan fingerprint density at radius 3 is 2.71 bits per heavy atom. The Kier molecular flexibility index (Phi) is 3.72. The number of piperidine rings is 2. The molecule has 7 heteroatoms. The Morgan fingerprint density at radius 2 is 1.96 bits per heavy atom. The van der Waals surface area contributed by atoms with E-state index in [-0.39, 0.29) is 17.9 Å². The highest BCUT2D eigenvalue weighted by Crippen LogP contribution is 2.31. The fourth-order valence-electron chi connectivity index (χ4n) is 3.60. The number of rotatable bonds is 2. The molecule has 1 atom stereocenters. The minimum Gasteiger partial charge on any atom is -0.393 e. The highest BCUT2D eigenvalue weighted by molar-refractivity contribution is 6.00. The third-order valence-electron chi connectivity index (χ3n) is 4.93. The normalized spacial score (nSPS) is 22.9. The summed E-state index contributed by atoms with van der Waals surface area (Å²) >= 11 is 0. The Morgan fingerprint density at radius 1 is 1.17 bits per heavy atom. The van der Waals surface area contributed by atoms with Gasteiger partial charge < -0.3 is 14.6 Å². The maximum absolute atomic E-state index is 12.2. The SMILES string of the molecule is O=C1CCC(n2cnc3c(N4CCC(O)CC4)cccc32)C(=O)N1. The van der Waals surface area contributed by atoms with E-state index in [0.29, 0.717) is 12.8 Å². The number of anilines is 1. The van der Waals surface area contributed by atoms with Crippen LogP contribution in [0.5, 0.6) is 0 Å². The van der Waals surface area contributed by atoms with Crippen LogP contribution >= 0.6 is 0 Å². The highest BCUT2D eigenvalue weighted by atomic mass is 16.3. The monoisotopic (exact) mass is 328 g/mol. The molecule has 2 saturated heterocycles. The van der Waals surface area contributed by atoms with Crippen LogP contribution in [0.3, 0.4) is 0 Å². The second-order valence-corrected chi connectivity index (χ2v) is 6.48. The number of para-hydroxylation sites is 1. The minimum absolute atomic E-state index is 0.215. The molecule has 0 spiro atoms. The van der Waals surface area contributed by atoms with Crippen molar-refractivity contribution in [3.63, 3.8) is 0 Å². The molecule has 0 saturated carbocycles. The number of benzene rings is 1. The van der Waals surface area contributed by atoms with Gasteiger partial charge >= 0.3 is 0 Å². The number of imidazole rings is 1. The van der Waals surface area contributed by atoms with Crippen LogP contribution in [0.2, 0.25) is 0 Å². The number of carbonyl (C=O) groups is 2. The van der Waals surface area contributed by atoms with Gasteiger partial charge in [0.25, 0.3) is 0 Å². The molecule has 2 aliphatic heterocycles. The Labute approximate surface area is 139 Å². The lowest BCUT2D eigenvalue weighted by atomic mass is 10.1. The Hall–Kier alpha value is -2.41. The molecule has 2 aliphatic rings. The van der Waals surface area contributed by atoms with Crippen molar-refractivity contribution >= 4 is 28.5 Å². The zero-order valence-electron chi connectivity index (χ0n) is 13.3. The summed E-state index contributed by atoms with van der Waals surface area (Å²) < 4.78 is 1.86. The zero-order valence-corrected chi connectivity index (χ0v) is 13.3. The average molecular weight is 328 g/mol. The molecule has 1 unspecified atom stereocenters. The number of nitrogens with one attached hydrogen (secondary N) is 1. The first-order valence-electron chi connectivity index (χ1n) is 8.36. The average Bonchev–Trinajstić information content (AvgIpc) is 3.00. The number of amides is 2. The summed E-state index contributed by atoms with van der Waals surface area (Å²) in [4.78, 5) is 30.3. The summed E-state index contributed by atoms with van der Waals surface area (Å²) in [6.45, 7) is 1.59. The molecule has 2 fully saturated rings. The number of aromatic nitrogens is 2. The molecule has 3 heterocycles. The summed E-state index contributed by atoms with van der Waals surface area (Å²) in [6.07, 6.45) is 3.82. The second-order valence-electron chi connectivity index (χ2n) is 6.48. The van der Waals surface area contributed by atoms with E-state index in [1.807, 2.05) is 22.8 Å². The fourth-order valence-corrected chi connectivity index (χ4v) is 3.60. The van der Waals surface area contributed by atoms with Crippen LogP contribution in [0.25, 0.3) is 11.0 Å². The van der Waals surface area contributed by atoms with Gasteiger partial charge in [0.1, 0.15) is 11.6 Å². The van der Waals surface area contributed by atoms with E-state index in [4.69, 9.17) is 0 Å². The van der Waals surface area contributed by atoms with E-state index in [1.165, 1.54) is 0 Å². The standard InChI is InChI=1S/C17H20N4O3/c22-11-6-8-20(9-7-11)12-2-1-3-13-16(12)18-10-21(13)14-4-5-15(23)19-17(14)24/h1-3,10-11,14,22H,4-9H2,(H,19,23,24). The van der Waals surface area contributed by atoms with Crippen molar-refractivity contribution in [1.29, 1.82) is 0 Å². The van der Waals surface area contributed by atoms with Crippen LogP contribution in [0, 0.1) is 0 Å². The van der Waals surface area contributed by atoms with Gasteiger partial charge in [0.05, 0.1) is 23.6 Å². The van der Waals surface area contributed by atoms with Gasteiger partial charge in [0, 0.05) is 19.5 Å². The third-order valence-corrected chi connectivity index (χ3v) is 4.93. The molecule has 2 amide bonds.